The second-order valence-electron chi connectivity index (χ2n) is 5.71. The van der Waals surface area contributed by atoms with Gasteiger partial charge >= 0.3 is 0 Å². The van der Waals surface area contributed by atoms with Gasteiger partial charge in [-0.1, -0.05) is 32.0 Å². The summed E-state index contributed by atoms with van der Waals surface area (Å²) in [6, 6.07) is 15.5. The minimum absolute atomic E-state index is 0.504. The van der Waals surface area contributed by atoms with E-state index in [9.17, 15) is 0 Å². The number of aromatic nitrogens is 3. The molecule has 23 heavy (non-hydrogen) atoms. The van der Waals surface area contributed by atoms with Gasteiger partial charge in [-0.05, 0) is 42.7 Å². The number of benzene rings is 1. The van der Waals surface area contributed by atoms with Crippen LogP contribution in [0, 0.1) is 6.92 Å². The molecule has 0 atom stereocenters. The van der Waals surface area contributed by atoms with E-state index >= 15 is 0 Å². The molecule has 0 spiro atoms. The van der Waals surface area contributed by atoms with Crippen molar-refractivity contribution in [1.82, 2.24) is 15.0 Å². The highest BCUT2D eigenvalue weighted by atomic mass is 16.5. The Kier molecular flexibility index (Phi) is 4.33. The predicted molar refractivity (Wildman–Crippen MR) is 90.6 cm³/mol. The van der Waals surface area contributed by atoms with E-state index in [2.05, 4.69) is 40.9 Å². The third-order valence-corrected chi connectivity index (χ3v) is 3.52. The van der Waals surface area contributed by atoms with Crippen molar-refractivity contribution >= 4 is 0 Å². The normalized spacial score (nSPS) is 10.8. The maximum atomic E-state index is 5.84. The molecule has 1 aromatic carbocycles. The molecular weight excluding hydrogens is 286 g/mol. The van der Waals surface area contributed by atoms with Crippen LogP contribution in [0.4, 0.5) is 0 Å². The molecule has 0 N–H and O–H groups in total. The zero-order chi connectivity index (χ0) is 16.2. The molecule has 0 unspecified atom stereocenters. The summed E-state index contributed by atoms with van der Waals surface area (Å²) < 4.78 is 5.84. The monoisotopic (exact) mass is 305 g/mol. The van der Waals surface area contributed by atoms with Crippen molar-refractivity contribution in [3.8, 4) is 23.1 Å². The van der Waals surface area contributed by atoms with Crippen molar-refractivity contribution in [2.75, 3.05) is 0 Å². The zero-order valence-electron chi connectivity index (χ0n) is 13.5. The van der Waals surface area contributed by atoms with Crippen molar-refractivity contribution in [1.29, 1.82) is 0 Å². The molecule has 0 aliphatic carbocycles. The highest BCUT2D eigenvalue weighted by molar-refractivity contribution is 5.50. The molecule has 0 fully saturated rings. The van der Waals surface area contributed by atoms with Crippen LogP contribution < -0.4 is 4.74 Å². The van der Waals surface area contributed by atoms with Gasteiger partial charge < -0.3 is 4.74 Å². The quantitative estimate of drug-likeness (QED) is 0.697. The Hall–Kier alpha value is -2.75. The molecule has 4 nitrogen and oxygen atoms in total. The van der Waals surface area contributed by atoms with Crippen LogP contribution in [-0.2, 0) is 0 Å². The maximum absolute atomic E-state index is 5.84. The first-order valence-corrected chi connectivity index (χ1v) is 7.67. The minimum Gasteiger partial charge on any atom is -0.439 e. The van der Waals surface area contributed by atoms with Crippen molar-refractivity contribution in [2.45, 2.75) is 26.7 Å². The lowest BCUT2D eigenvalue weighted by molar-refractivity contribution is 0.463. The number of hydrogen-bond donors (Lipinski definition) is 0. The number of hydrogen-bond acceptors (Lipinski definition) is 4. The Morgan fingerprint density at radius 3 is 2.39 bits per heavy atom. The average molecular weight is 305 g/mol. The summed E-state index contributed by atoms with van der Waals surface area (Å²) in [7, 11) is 0. The average Bonchev–Trinajstić information content (AvgIpc) is 2.56. The van der Waals surface area contributed by atoms with Crippen LogP contribution in [0.25, 0.3) is 11.5 Å². The smallest absolute Gasteiger partial charge is 0.219 e. The first-order chi connectivity index (χ1) is 11.1. The summed E-state index contributed by atoms with van der Waals surface area (Å²) in [5.74, 6) is 2.41. The molecule has 0 aliphatic rings. The minimum atomic E-state index is 0.504. The Morgan fingerprint density at radius 2 is 1.70 bits per heavy atom. The topological polar surface area (TPSA) is 47.9 Å². The lowest BCUT2D eigenvalue weighted by atomic mass is 10.0. The fourth-order valence-electron chi connectivity index (χ4n) is 2.21. The van der Waals surface area contributed by atoms with E-state index in [-0.39, 0.29) is 0 Å². The number of aryl methyl sites for hydroxylation is 1. The van der Waals surface area contributed by atoms with Crippen LogP contribution in [0.1, 0.15) is 31.0 Å². The Labute approximate surface area is 136 Å². The molecule has 3 aromatic rings. The Morgan fingerprint density at radius 1 is 0.913 bits per heavy atom. The molecule has 0 saturated carbocycles. The van der Waals surface area contributed by atoms with E-state index in [0.29, 0.717) is 23.3 Å². The van der Waals surface area contributed by atoms with Gasteiger partial charge in [-0.2, -0.15) is 0 Å². The summed E-state index contributed by atoms with van der Waals surface area (Å²) in [6.07, 6.45) is 1.73. The molecule has 0 radical (unpaired) electrons. The van der Waals surface area contributed by atoms with Crippen LogP contribution >= 0.6 is 0 Å². The van der Waals surface area contributed by atoms with E-state index in [4.69, 9.17) is 4.74 Å². The first kappa shape index (κ1) is 15.2. The molecule has 3 rings (SSSR count). The summed E-state index contributed by atoms with van der Waals surface area (Å²) in [5, 5.41) is 0. The van der Waals surface area contributed by atoms with E-state index in [1.165, 1.54) is 5.56 Å². The molecule has 0 amide bonds. The number of pyridine rings is 1. The highest BCUT2D eigenvalue weighted by Gasteiger charge is 2.06. The lowest BCUT2D eigenvalue weighted by Crippen LogP contribution is -1.95. The van der Waals surface area contributed by atoms with Crippen molar-refractivity contribution in [3.05, 3.63) is 66.0 Å². The third-order valence-electron chi connectivity index (χ3n) is 3.52. The van der Waals surface area contributed by atoms with E-state index in [1.54, 1.807) is 6.20 Å². The van der Waals surface area contributed by atoms with Crippen molar-refractivity contribution in [3.63, 3.8) is 0 Å². The van der Waals surface area contributed by atoms with Crippen LogP contribution in [-0.4, -0.2) is 15.0 Å². The molecule has 4 heteroatoms. The second-order valence-corrected chi connectivity index (χ2v) is 5.71. The van der Waals surface area contributed by atoms with Crippen LogP contribution in [0.15, 0.2) is 54.7 Å². The molecule has 0 bridgehead atoms. The maximum Gasteiger partial charge on any atom is 0.219 e. The van der Waals surface area contributed by atoms with E-state index in [0.717, 1.165) is 11.4 Å². The summed E-state index contributed by atoms with van der Waals surface area (Å²) in [4.78, 5) is 13.1. The van der Waals surface area contributed by atoms with Crippen LogP contribution in [0.5, 0.6) is 11.6 Å². The highest BCUT2D eigenvalue weighted by Crippen LogP contribution is 2.24. The Balaban J connectivity index is 1.82. The third kappa shape index (κ3) is 3.72. The van der Waals surface area contributed by atoms with Gasteiger partial charge in [0.2, 0.25) is 5.88 Å². The van der Waals surface area contributed by atoms with Crippen LogP contribution in [0.3, 0.4) is 0 Å². The standard InChI is InChI=1S/C19H19N3O/c1-13(2)15-7-9-16(10-8-15)23-18-6-4-5-17(22-18)19-20-12-11-14(3)21-19/h4-13H,1-3H3. The van der Waals surface area contributed by atoms with Gasteiger partial charge in [0, 0.05) is 18.0 Å². The number of ether oxygens (including phenoxy) is 1. The zero-order valence-corrected chi connectivity index (χ0v) is 13.5. The predicted octanol–water partition coefficient (Wildman–Crippen LogP) is 4.76. The van der Waals surface area contributed by atoms with Gasteiger partial charge in [-0.15, -0.1) is 0 Å². The van der Waals surface area contributed by atoms with Gasteiger partial charge in [0.25, 0.3) is 0 Å². The Bertz CT molecular complexity index is 798. The van der Waals surface area contributed by atoms with Crippen LogP contribution in [0.2, 0.25) is 0 Å². The molecule has 0 aliphatic heterocycles. The van der Waals surface area contributed by atoms with Gasteiger partial charge in [0.15, 0.2) is 5.82 Å². The fourth-order valence-corrected chi connectivity index (χ4v) is 2.21. The molecular formula is C19H19N3O. The molecule has 116 valence electrons. The number of rotatable bonds is 4. The largest absolute Gasteiger partial charge is 0.439 e. The van der Waals surface area contributed by atoms with Crippen molar-refractivity contribution < 1.29 is 4.74 Å². The molecule has 2 aromatic heterocycles. The SMILES string of the molecule is Cc1ccnc(-c2cccc(Oc3ccc(C(C)C)cc3)n2)n1. The van der Waals surface area contributed by atoms with E-state index < -0.39 is 0 Å². The lowest BCUT2D eigenvalue weighted by Gasteiger charge is -2.09. The summed E-state index contributed by atoms with van der Waals surface area (Å²) in [6.45, 7) is 6.27. The van der Waals surface area contributed by atoms with Crippen molar-refractivity contribution in [2.24, 2.45) is 0 Å². The van der Waals surface area contributed by atoms with Gasteiger partial charge in [-0.25, -0.2) is 15.0 Å². The van der Waals surface area contributed by atoms with Gasteiger partial charge in [-0.3, -0.25) is 0 Å². The molecule has 2 heterocycles. The van der Waals surface area contributed by atoms with Gasteiger partial charge in [0.1, 0.15) is 11.4 Å². The summed E-state index contributed by atoms with van der Waals surface area (Å²) >= 11 is 0. The molecule has 0 saturated heterocycles. The fraction of sp³-hybridized carbons (Fsp3) is 0.211. The first-order valence-electron chi connectivity index (χ1n) is 7.67. The summed E-state index contributed by atoms with van der Waals surface area (Å²) in [5.41, 5.74) is 2.89. The number of nitrogens with zero attached hydrogens (tertiary/aromatic N) is 3. The second kappa shape index (κ2) is 6.57. The van der Waals surface area contributed by atoms with Gasteiger partial charge in [0.05, 0.1) is 0 Å². The van der Waals surface area contributed by atoms with E-state index in [1.807, 2.05) is 43.3 Å².